The van der Waals surface area contributed by atoms with E-state index in [1.165, 1.54) is 0 Å². The van der Waals surface area contributed by atoms with Gasteiger partial charge in [-0.05, 0) is 12.1 Å². The minimum atomic E-state index is -1.14. The molecule has 2 heterocycles. The number of pyridine rings is 1. The van der Waals surface area contributed by atoms with Gasteiger partial charge in [-0.2, -0.15) is 0 Å². The summed E-state index contributed by atoms with van der Waals surface area (Å²) in [5, 5.41) is 1.74. The molecule has 0 spiro atoms. The van der Waals surface area contributed by atoms with Gasteiger partial charge in [-0.15, -0.1) is 0 Å². The molecule has 1 aliphatic heterocycles. The molecule has 22 heavy (non-hydrogen) atoms. The predicted molar refractivity (Wildman–Crippen MR) is 73.2 cm³/mol. The van der Waals surface area contributed by atoms with Gasteiger partial charge in [0.05, 0.1) is 11.1 Å². The Balaban J connectivity index is 2.40. The zero-order valence-electron chi connectivity index (χ0n) is 10.6. The topological polar surface area (TPSA) is 94.2 Å². The van der Waals surface area contributed by atoms with Crippen LogP contribution >= 0.6 is 11.6 Å². The van der Waals surface area contributed by atoms with Crippen molar-refractivity contribution in [2.24, 2.45) is 0 Å². The summed E-state index contributed by atoms with van der Waals surface area (Å²) < 4.78 is 28.4. The molecule has 2 amide bonds. The van der Waals surface area contributed by atoms with Crippen LogP contribution in [-0.4, -0.2) is 16.4 Å². The fourth-order valence-corrected chi connectivity index (χ4v) is 2.45. The summed E-state index contributed by atoms with van der Waals surface area (Å²) in [6, 6.07) is 2.38. The molecule has 1 aromatic heterocycles. The third kappa shape index (κ3) is 1.88. The van der Waals surface area contributed by atoms with Crippen molar-refractivity contribution < 1.29 is 18.4 Å². The Bertz CT molecular complexity index is 900. The number of carbonyl (C=O) groups is 2. The van der Waals surface area contributed by atoms with Crippen molar-refractivity contribution in [3.05, 3.63) is 56.3 Å². The van der Waals surface area contributed by atoms with E-state index >= 15 is 0 Å². The highest BCUT2D eigenvalue weighted by Crippen LogP contribution is 2.27. The van der Waals surface area contributed by atoms with E-state index in [0.29, 0.717) is 4.57 Å². The second-order valence-corrected chi connectivity index (χ2v) is 4.93. The van der Waals surface area contributed by atoms with Gasteiger partial charge in [0.25, 0.3) is 17.4 Å². The summed E-state index contributed by atoms with van der Waals surface area (Å²) in [7, 11) is 0. The largest absolute Gasteiger partial charge is 0.384 e. The van der Waals surface area contributed by atoms with Crippen LogP contribution in [-0.2, 0) is 0 Å². The van der Waals surface area contributed by atoms with Gasteiger partial charge in [-0.1, -0.05) is 11.6 Å². The van der Waals surface area contributed by atoms with Crippen LogP contribution in [0.15, 0.2) is 23.0 Å². The number of benzene rings is 1. The van der Waals surface area contributed by atoms with E-state index in [1.54, 1.807) is 0 Å². The second-order valence-electron chi connectivity index (χ2n) is 4.49. The fourth-order valence-electron chi connectivity index (χ4n) is 2.26. The molecule has 6 nitrogen and oxygen atoms in total. The maximum Gasteiger partial charge on any atom is 0.262 e. The van der Waals surface area contributed by atoms with E-state index in [2.05, 4.69) is 0 Å². The summed E-state index contributed by atoms with van der Waals surface area (Å²) in [5.74, 6) is -4.45. The number of hydrogen-bond acceptors (Lipinski definition) is 4. The average Bonchev–Trinajstić information content (AvgIpc) is 2.67. The molecule has 9 heteroatoms. The van der Waals surface area contributed by atoms with Crippen molar-refractivity contribution in [2.75, 3.05) is 5.73 Å². The molecule has 0 bridgehead atoms. The minimum Gasteiger partial charge on any atom is -0.384 e. The Hall–Kier alpha value is -2.74. The standard InChI is InChI=1S/C13H6ClF2N3O3/c14-4-1-6(15)10(7(16)2-4)19-8(20)3-5-9(11(19)17)13(22)18-12(5)21/h1-3H,17H2,(H,18,21,22). The quantitative estimate of drug-likeness (QED) is 0.771. The highest BCUT2D eigenvalue weighted by Gasteiger charge is 2.32. The van der Waals surface area contributed by atoms with Crippen molar-refractivity contribution in [2.45, 2.75) is 0 Å². The molecule has 3 N–H and O–H groups in total. The zero-order valence-corrected chi connectivity index (χ0v) is 11.4. The minimum absolute atomic E-state index is 0.209. The molecule has 0 saturated heterocycles. The molecule has 0 saturated carbocycles. The maximum absolute atomic E-state index is 14.0. The van der Waals surface area contributed by atoms with Crippen molar-refractivity contribution in [1.29, 1.82) is 0 Å². The number of aromatic nitrogens is 1. The smallest absolute Gasteiger partial charge is 0.262 e. The molecule has 0 unspecified atom stereocenters. The SMILES string of the molecule is Nc1c2c(cc(=O)n1-c1c(F)cc(Cl)cc1F)C(=O)NC2=O. The van der Waals surface area contributed by atoms with Crippen LogP contribution in [0.25, 0.3) is 5.69 Å². The van der Waals surface area contributed by atoms with Crippen molar-refractivity contribution in [3.8, 4) is 5.69 Å². The summed E-state index contributed by atoms with van der Waals surface area (Å²) in [4.78, 5) is 35.3. The van der Waals surface area contributed by atoms with Gasteiger partial charge in [0.15, 0.2) is 11.6 Å². The van der Waals surface area contributed by atoms with Crippen LogP contribution in [0.1, 0.15) is 20.7 Å². The normalized spacial score (nSPS) is 13.2. The van der Waals surface area contributed by atoms with Gasteiger partial charge in [0.1, 0.15) is 11.5 Å². The highest BCUT2D eigenvalue weighted by atomic mass is 35.5. The zero-order chi connectivity index (χ0) is 16.2. The molecule has 0 atom stereocenters. The number of rotatable bonds is 1. The van der Waals surface area contributed by atoms with Crippen LogP contribution in [0.2, 0.25) is 5.02 Å². The summed E-state index contributed by atoms with van der Waals surface area (Å²) in [6.07, 6.45) is 0. The third-order valence-electron chi connectivity index (χ3n) is 3.16. The first-order chi connectivity index (χ1) is 10.3. The first-order valence-corrected chi connectivity index (χ1v) is 6.25. The van der Waals surface area contributed by atoms with E-state index in [4.69, 9.17) is 17.3 Å². The van der Waals surface area contributed by atoms with E-state index in [9.17, 15) is 23.2 Å². The molecule has 0 fully saturated rings. The molecular formula is C13H6ClF2N3O3. The number of hydrogen-bond donors (Lipinski definition) is 2. The van der Waals surface area contributed by atoms with Crippen molar-refractivity contribution in [1.82, 2.24) is 9.88 Å². The van der Waals surface area contributed by atoms with Crippen LogP contribution in [0.5, 0.6) is 0 Å². The lowest BCUT2D eigenvalue weighted by atomic mass is 10.1. The Morgan fingerprint density at radius 1 is 1.05 bits per heavy atom. The van der Waals surface area contributed by atoms with Crippen LogP contribution in [0.4, 0.5) is 14.6 Å². The summed E-state index contributed by atoms with van der Waals surface area (Å²) >= 11 is 5.52. The van der Waals surface area contributed by atoms with E-state index < -0.39 is 40.5 Å². The Kier molecular flexibility index (Phi) is 2.99. The van der Waals surface area contributed by atoms with Crippen molar-refractivity contribution in [3.63, 3.8) is 0 Å². The van der Waals surface area contributed by atoms with Crippen LogP contribution < -0.4 is 16.6 Å². The number of anilines is 1. The lowest BCUT2D eigenvalue weighted by molar-refractivity contribution is 0.0880. The molecule has 1 aromatic carbocycles. The molecule has 3 rings (SSSR count). The number of nitrogen functional groups attached to an aromatic ring is 1. The van der Waals surface area contributed by atoms with Crippen LogP contribution in [0, 0.1) is 11.6 Å². The van der Waals surface area contributed by atoms with Gasteiger partial charge >= 0.3 is 0 Å². The second kappa shape index (κ2) is 4.63. The highest BCUT2D eigenvalue weighted by molar-refractivity contribution is 6.30. The number of nitrogens with zero attached hydrogens (tertiary/aromatic N) is 1. The Morgan fingerprint density at radius 3 is 2.23 bits per heavy atom. The molecule has 2 aromatic rings. The summed E-state index contributed by atoms with van der Waals surface area (Å²) in [5.41, 5.74) is 3.40. The first-order valence-electron chi connectivity index (χ1n) is 5.87. The number of imide groups is 1. The predicted octanol–water partition coefficient (Wildman–Crippen LogP) is 1.23. The van der Waals surface area contributed by atoms with Gasteiger partial charge in [0, 0.05) is 11.1 Å². The molecule has 0 radical (unpaired) electrons. The Labute approximate surface area is 126 Å². The molecule has 1 aliphatic rings. The lowest BCUT2D eigenvalue weighted by Crippen LogP contribution is -2.25. The number of carbonyl (C=O) groups excluding carboxylic acids is 2. The molecule has 0 aliphatic carbocycles. The first kappa shape index (κ1) is 14.2. The van der Waals surface area contributed by atoms with Gasteiger partial charge < -0.3 is 5.73 Å². The number of halogens is 3. The Morgan fingerprint density at radius 2 is 1.64 bits per heavy atom. The van der Waals surface area contributed by atoms with Gasteiger partial charge in [-0.3, -0.25) is 24.3 Å². The third-order valence-corrected chi connectivity index (χ3v) is 3.38. The number of nitrogens with two attached hydrogens (primary N) is 1. The number of fused-ring (bicyclic) bond motifs is 1. The van der Waals surface area contributed by atoms with E-state index in [1.807, 2.05) is 5.32 Å². The monoisotopic (exact) mass is 325 g/mol. The van der Waals surface area contributed by atoms with Gasteiger partial charge in [0.2, 0.25) is 0 Å². The number of nitrogens with one attached hydrogen (secondary N) is 1. The average molecular weight is 326 g/mol. The fraction of sp³-hybridized carbons (Fsp3) is 0. The maximum atomic E-state index is 14.0. The van der Waals surface area contributed by atoms with Gasteiger partial charge in [-0.25, -0.2) is 8.78 Å². The molecule has 112 valence electrons. The van der Waals surface area contributed by atoms with Crippen LogP contribution in [0.3, 0.4) is 0 Å². The van der Waals surface area contributed by atoms with Crippen molar-refractivity contribution >= 4 is 29.2 Å². The van der Waals surface area contributed by atoms with E-state index in [-0.39, 0.29) is 16.1 Å². The summed E-state index contributed by atoms with van der Waals surface area (Å²) in [6.45, 7) is 0. The molecular weight excluding hydrogens is 320 g/mol. The lowest BCUT2D eigenvalue weighted by Gasteiger charge is -2.13. The number of amides is 2. The van der Waals surface area contributed by atoms with E-state index in [0.717, 1.165) is 18.2 Å².